The average molecular weight is 392 g/mol. The van der Waals surface area contributed by atoms with Gasteiger partial charge < -0.3 is 15.6 Å². The Labute approximate surface area is 161 Å². The Kier molecular flexibility index (Phi) is 5.44. The Hall–Kier alpha value is -2.84. The first-order chi connectivity index (χ1) is 13.3. The molecule has 2 aromatic heterocycles. The van der Waals surface area contributed by atoms with E-state index in [1.165, 1.54) is 0 Å². The summed E-state index contributed by atoms with van der Waals surface area (Å²) in [6.07, 6.45) is -2.07. The predicted molar refractivity (Wildman–Crippen MR) is 104 cm³/mol. The lowest BCUT2D eigenvalue weighted by Crippen LogP contribution is -2.21. The number of nitrogens with two attached hydrogens (primary N) is 1. The Morgan fingerprint density at radius 2 is 1.86 bits per heavy atom. The van der Waals surface area contributed by atoms with Crippen LogP contribution >= 0.6 is 0 Å². The van der Waals surface area contributed by atoms with Crippen molar-refractivity contribution in [2.45, 2.75) is 46.2 Å². The van der Waals surface area contributed by atoms with Crippen LogP contribution < -0.4 is 10.6 Å². The number of aromatic nitrogens is 4. The minimum atomic E-state index is -4.52. The fraction of sp³-hybridized carbons (Fsp3) is 0.421. The molecule has 0 aliphatic heterocycles. The highest BCUT2D eigenvalue weighted by molar-refractivity contribution is 5.81. The van der Waals surface area contributed by atoms with Crippen LogP contribution in [0.4, 0.5) is 30.6 Å². The van der Waals surface area contributed by atoms with E-state index in [-0.39, 0.29) is 5.52 Å². The first-order valence-electron chi connectivity index (χ1n) is 9.28. The molecule has 9 heteroatoms. The van der Waals surface area contributed by atoms with Crippen molar-refractivity contribution < 1.29 is 13.2 Å². The topological polar surface area (TPSA) is 83.7 Å². The Balaban J connectivity index is 2.06. The molecule has 0 aliphatic rings. The van der Waals surface area contributed by atoms with Gasteiger partial charge in [-0.05, 0) is 38.0 Å². The van der Waals surface area contributed by atoms with Gasteiger partial charge in [0.25, 0.3) is 0 Å². The molecule has 0 spiro atoms. The van der Waals surface area contributed by atoms with Crippen LogP contribution in [0.1, 0.15) is 44.3 Å². The fourth-order valence-corrected chi connectivity index (χ4v) is 3.22. The number of imidazole rings is 1. The fourth-order valence-electron chi connectivity index (χ4n) is 3.22. The number of benzene rings is 1. The zero-order valence-corrected chi connectivity index (χ0v) is 16.1. The molecule has 0 bridgehead atoms. The monoisotopic (exact) mass is 392 g/mol. The maximum atomic E-state index is 12.9. The van der Waals surface area contributed by atoms with Gasteiger partial charge in [-0.15, -0.1) is 0 Å². The van der Waals surface area contributed by atoms with E-state index in [9.17, 15) is 13.2 Å². The number of hydrogen-bond acceptors (Lipinski definition) is 5. The van der Waals surface area contributed by atoms with Gasteiger partial charge in [-0.3, -0.25) is 0 Å². The van der Waals surface area contributed by atoms with Crippen LogP contribution in [0.3, 0.4) is 0 Å². The lowest BCUT2D eigenvalue weighted by Gasteiger charge is -2.23. The standard InChI is InChI=1S/C19H23F3N6/c1-4-7-13-12(5-2)16(23)27-18(26-13)28(6-3)11-8-9-14-15(10-11)25-17(24-14)19(20,21)22/h8-10H,4-7H2,1-3H3,(H,24,25)(H2,23,26,27). The highest BCUT2D eigenvalue weighted by atomic mass is 19.4. The lowest BCUT2D eigenvalue weighted by molar-refractivity contribution is -0.144. The van der Waals surface area contributed by atoms with Crippen LogP contribution in [-0.4, -0.2) is 26.5 Å². The normalized spacial score (nSPS) is 11.9. The van der Waals surface area contributed by atoms with Gasteiger partial charge in [0.05, 0.1) is 16.7 Å². The van der Waals surface area contributed by atoms with Crippen molar-refractivity contribution >= 4 is 28.5 Å². The van der Waals surface area contributed by atoms with E-state index in [1.807, 2.05) is 18.7 Å². The maximum absolute atomic E-state index is 12.9. The Morgan fingerprint density at radius 1 is 1.11 bits per heavy atom. The third-order valence-corrected chi connectivity index (χ3v) is 4.56. The number of H-pyrrole nitrogens is 1. The summed E-state index contributed by atoms with van der Waals surface area (Å²) in [4.78, 5) is 16.9. The van der Waals surface area contributed by atoms with E-state index >= 15 is 0 Å². The lowest BCUT2D eigenvalue weighted by atomic mass is 10.1. The van der Waals surface area contributed by atoms with E-state index in [0.29, 0.717) is 29.5 Å². The zero-order valence-electron chi connectivity index (χ0n) is 16.1. The molecule has 3 rings (SSSR count). The van der Waals surface area contributed by atoms with Crippen LogP contribution in [-0.2, 0) is 19.0 Å². The first kappa shape index (κ1) is 19.9. The van der Waals surface area contributed by atoms with Gasteiger partial charge in [-0.2, -0.15) is 18.2 Å². The van der Waals surface area contributed by atoms with Crippen LogP contribution in [0.25, 0.3) is 11.0 Å². The van der Waals surface area contributed by atoms with Gasteiger partial charge in [-0.25, -0.2) is 9.97 Å². The van der Waals surface area contributed by atoms with Crippen LogP contribution in [0.15, 0.2) is 18.2 Å². The summed E-state index contributed by atoms with van der Waals surface area (Å²) in [5.41, 5.74) is 9.21. The average Bonchev–Trinajstić information content (AvgIpc) is 3.06. The highest BCUT2D eigenvalue weighted by Crippen LogP contribution is 2.31. The Bertz CT molecular complexity index is 980. The minimum Gasteiger partial charge on any atom is -0.383 e. The van der Waals surface area contributed by atoms with Gasteiger partial charge in [0.15, 0.2) is 0 Å². The SMILES string of the molecule is CCCc1nc(N(CC)c2ccc3[nH]c(C(F)(F)F)nc3c2)nc(N)c1CC. The third kappa shape index (κ3) is 3.74. The van der Waals surface area contributed by atoms with Crippen LogP contribution in [0.5, 0.6) is 0 Å². The molecule has 0 saturated heterocycles. The van der Waals surface area contributed by atoms with Gasteiger partial charge in [0.1, 0.15) is 5.82 Å². The molecule has 0 atom stereocenters. The highest BCUT2D eigenvalue weighted by Gasteiger charge is 2.34. The largest absolute Gasteiger partial charge is 0.449 e. The third-order valence-electron chi connectivity index (χ3n) is 4.56. The first-order valence-corrected chi connectivity index (χ1v) is 9.28. The van der Waals surface area contributed by atoms with E-state index < -0.39 is 12.0 Å². The van der Waals surface area contributed by atoms with Crippen molar-refractivity contribution in [2.75, 3.05) is 17.2 Å². The molecular weight excluding hydrogens is 369 g/mol. The molecule has 1 aromatic carbocycles. The molecule has 2 heterocycles. The maximum Gasteiger partial charge on any atom is 0.449 e. The van der Waals surface area contributed by atoms with Crippen LogP contribution in [0.2, 0.25) is 0 Å². The van der Waals surface area contributed by atoms with Gasteiger partial charge in [0, 0.05) is 17.8 Å². The molecule has 0 radical (unpaired) electrons. The number of nitrogens with zero attached hydrogens (tertiary/aromatic N) is 4. The summed E-state index contributed by atoms with van der Waals surface area (Å²) in [6.45, 7) is 6.52. The molecule has 0 fully saturated rings. The molecule has 0 unspecified atom stereocenters. The van der Waals surface area contributed by atoms with Crippen molar-refractivity contribution in [3.8, 4) is 0 Å². The predicted octanol–water partition coefficient (Wildman–Crippen LogP) is 4.63. The van der Waals surface area contributed by atoms with Crippen molar-refractivity contribution in [1.82, 2.24) is 19.9 Å². The molecule has 0 aliphatic carbocycles. The summed E-state index contributed by atoms with van der Waals surface area (Å²) in [6, 6.07) is 4.89. The van der Waals surface area contributed by atoms with E-state index in [1.54, 1.807) is 18.2 Å². The summed E-state index contributed by atoms with van der Waals surface area (Å²) < 4.78 is 38.7. The minimum absolute atomic E-state index is 0.232. The number of halogens is 3. The summed E-state index contributed by atoms with van der Waals surface area (Å²) in [5, 5.41) is 0. The molecule has 28 heavy (non-hydrogen) atoms. The molecular formula is C19H23F3N6. The van der Waals surface area contributed by atoms with E-state index in [2.05, 4.69) is 21.9 Å². The molecule has 0 saturated carbocycles. The number of rotatable bonds is 6. The van der Waals surface area contributed by atoms with E-state index in [0.717, 1.165) is 30.5 Å². The van der Waals surface area contributed by atoms with Crippen molar-refractivity contribution in [1.29, 1.82) is 0 Å². The molecule has 150 valence electrons. The summed E-state index contributed by atoms with van der Waals surface area (Å²) >= 11 is 0. The molecule has 0 amide bonds. The number of aromatic amines is 1. The van der Waals surface area contributed by atoms with Crippen molar-refractivity contribution in [3.05, 3.63) is 35.3 Å². The quantitative estimate of drug-likeness (QED) is 0.639. The van der Waals surface area contributed by atoms with E-state index in [4.69, 9.17) is 10.7 Å². The van der Waals surface area contributed by atoms with Gasteiger partial charge in [-0.1, -0.05) is 20.3 Å². The number of alkyl halides is 3. The summed E-state index contributed by atoms with van der Waals surface area (Å²) in [5.74, 6) is -0.137. The molecule has 3 aromatic rings. The van der Waals surface area contributed by atoms with Crippen LogP contribution in [0, 0.1) is 0 Å². The smallest absolute Gasteiger partial charge is 0.383 e. The van der Waals surface area contributed by atoms with Crippen molar-refractivity contribution in [2.24, 2.45) is 0 Å². The number of nitrogen functional groups attached to an aromatic ring is 1. The van der Waals surface area contributed by atoms with Gasteiger partial charge >= 0.3 is 6.18 Å². The second-order valence-corrected chi connectivity index (χ2v) is 6.47. The number of anilines is 3. The zero-order chi connectivity index (χ0) is 20.5. The number of aryl methyl sites for hydroxylation is 1. The molecule has 3 N–H and O–H groups in total. The second kappa shape index (κ2) is 7.65. The Morgan fingerprint density at radius 3 is 2.46 bits per heavy atom. The number of fused-ring (bicyclic) bond motifs is 1. The van der Waals surface area contributed by atoms with Gasteiger partial charge in [0.2, 0.25) is 11.8 Å². The number of hydrogen-bond donors (Lipinski definition) is 2. The molecule has 6 nitrogen and oxygen atoms in total. The second-order valence-electron chi connectivity index (χ2n) is 6.47. The summed E-state index contributed by atoms with van der Waals surface area (Å²) in [7, 11) is 0. The number of nitrogens with one attached hydrogen (secondary N) is 1. The van der Waals surface area contributed by atoms with Crippen molar-refractivity contribution in [3.63, 3.8) is 0 Å².